The van der Waals surface area contributed by atoms with E-state index in [9.17, 15) is 9.59 Å². The van der Waals surface area contributed by atoms with Gasteiger partial charge in [0, 0.05) is 11.9 Å². The molecule has 1 aliphatic heterocycles. The van der Waals surface area contributed by atoms with Crippen LogP contribution in [0, 0.1) is 13.8 Å². The number of aromatic nitrogens is 1. The zero-order valence-electron chi connectivity index (χ0n) is 19.3. The molecule has 0 aliphatic carbocycles. The lowest BCUT2D eigenvalue weighted by Crippen LogP contribution is -2.32. The number of nitrogens with one attached hydrogen (secondary N) is 1. The molecule has 0 saturated carbocycles. The number of carbonyl (C=O) groups is 2. The molecule has 4 rings (SSSR count). The normalized spacial score (nSPS) is 13.8. The van der Waals surface area contributed by atoms with Gasteiger partial charge in [-0.3, -0.25) is 19.5 Å². The fourth-order valence-corrected chi connectivity index (χ4v) is 3.69. The minimum atomic E-state index is -0.374. The maximum atomic E-state index is 13.5. The van der Waals surface area contributed by atoms with Crippen LogP contribution >= 0.6 is 0 Å². The Kier molecular flexibility index (Phi) is 6.27. The van der Waals surface area contributed by atoms with E-state index in [0.717, 1.165) is 16.9 Å². The molecular formula is C27H27N3O3. The van der Waals surface area contributed by atoms with Gasteiger partial charge in [0.2, 0.25) is 0 Å². The molecule has 6 nitrogen and oxygen atoms in total. The molecule has 0 radical (unpaired) electrons. The van der Waals surface area contributed by atoms with Gasteiger partial charge in [-0.05, 0) is 80.8 Å². The average Bonchev–Trinajstić information content (AvgIpc) is 3.01. The van der Waals surface area contributed by atoms with Crippen molar-refractivity contribution >= 4 is 23.1 Å². The molecule has 1 N–H and O–H groups in total. The van der Waals surface area contributed by atoms with Crippen molar-refractivity contribution in [3.8, 4) is 5.75 Å². The van der Waals surface area contributed by atoms with Gasteiger partial charge in [0.1, 0.15) is 11.4 Å². The first kappa shape index (κ1) is 22.3. The fourth-order valence-electron chi connectivity index (χ4n) is 3.69. The van der Waals surface area contributed by atoms with Crippen LogP contribution < -0.4 is 10.1 Å². The van der Waals surface area contributed by atoms with E-state index >= 15 is 0 Å². The summed E-state index contributed by atoms with van der Waals surface area (Å²) >= 11 is 0. The van der Waals surface area contributed by atoms with Crippen LogP contribution in [0.1, 0.15) is 36.2 Å². The Bertz CT molecular complexity index is 1220. The van der Waals surface area contributed by atoms with Gasteiger partial charge < -0.3 is 10.1 Å². The molecule has 2 heterocycles. The number of ether oxygens (including phenoxy) is 1. The van der Waals surface area contributed by atoms with Crippen molar-refractivity contribution in [1.29, 1.82) is 0 Å². The number of hydrogen-bond acceptors (Lipinski definition) is 5. The molecule has 2 aromatic carbocycles. The number of rotatable bonds is 7. The van der Waals surface area contributed by atoms with Crippen molar-refractivity contribution in [2.24, 2.45) is 0 Å². The van der Waals surface area contributed by atoms with E-state index in [1.54, 1.807) is 18.3 Å². The van der Waals surface area contributed by atoms with E-state index in [-0.39, 0.29) is 30.2 Å². The molecule has 0 unspecified atom stereocenters. The Morgan fingerprint density at radius 3 is 2.33 bits per heavy atom. The number of carbonyl (C=O) groups excluding carboxylic acids is 2. The van der Waals surface area contributed by atoms with Crippen molar-refractivity contribution in [2.75, 3.05) is 5.32 Å². The molecule has 1 aliphatic rings. The third kappa shape index (κ3) is 4.80. The number of amides is 2. The van der Waals surface area contributed by atoms with E-state index in [4.69, 9.17) is 4.74 Å². The summed E-state index contributed by atoms with van der Waals surface area (Å²) in [5.41, 5.74) is 4.86. The second-order valence-electron chi connectivity index (χ2n) is 8.38. The number of hydrogen-bond donors (Lipinski definition) is 1. The number of pyridine rings is 1. The predicted molar refractivity (Wildman–Crippen MR) is 128 cm³/mol. The lowest BCUT2D eigenvalue weighted by molar-refractivity contribution is -0.137. The fraction of sp³-hybridized carbons (Fsp3) is 0.222. The van der Waals surface area contributed by atoms with Gasteiger partial charge in [0.05, 0.1) is 23.9 Å². The van der Waals surface area contributed by atoms with Crippen LogP contribution in [0.4, 0.5) is 5.69 Å². The highest BCUT2D eigenvalue weighted by Gasteiger charge is 2.39. The quantitative estimate of drug-likeness (QED) is 0.529. The summed E-state index contributed by atoms with van der Waals surface area (Å²) in [5.74, 6) is 0.0297. The van der Waals surface area contributed by atoms with Crippen LogP contribution in [0.2, 0.25) is 0 Å². The first-order valence-electron chi connectivity index (χ1n) is 10.9. The van der Waals surface area contributed by atoms with Gasteiger partial charge in [-0.15, -0.1) is 0 Å². The third-order valence-electron chi connectivity index (χ3n) is 5.51. The number of aryl methyl sites for hydroxylation is 2. The van der Waals surface area contributed by atoms with Crippen LogP contribution in [0.5, 0.6) is 5.75 Å². The van der Waals surface area contributed by atoms with E-state index in [2.05, 4.69) is 10.3 Å². The highest BCUT2D eigenvalue weighted by atomic mass is 16.5. The summed E-state index contributed by atoms with van der Waals surface area (Å²) in [6.07, 6.45) is 1.72. The van der Waals surface area contributed by atoms with Crippen molar-refractivity contribution in [2.45, 2.75) is 40.3 Å². The third-order valence-corrected chi connectivity index (χ3v) is 5.51. The van der Waals surface area contributed by atoms with Gasteiger partial charge in [-0.1, -0.05) is 24.3 Å². The molecular weight excluding hydrogens is 414 g/mol. The summed E-state index contributed by atoms with van der Waals surface area (Å²) in [4.78, 5) is 32.4. The summed E-state index contributed by atoms with van der Waals surface area (Å²) in [6, 6.07) is 18.6. The van der Waals surface area contributed by atoms with Gasteiger partial charge >= 0.3 is 0 Å². The molecule has 3 aromatic rings. The van der Waals surface area contributed by atoms with Crippen LogP contribution in [-0.4, -0.2) is 27.8 Å². The zero-order chi connectivity index (χ0) is 23.5. The van der Waals surface area contributed by atoms with Crippen LogP contribution in [0.15, 0.2) is 72.6 Å². The maximum Gasteiger partial charge on any atom is 0.278 e. The SMILES string of the molecule is Cc1ccc(C2=C(Nc3ccc(OC(C)C)cc3)C(=O)N(Cc3ccccn3)C2=O)cc1C. The number of nitrogens with zero attached hydrogens (tertiary/aromatic N) is 2. The smallest absolute Gasteiger partial charge is 0.278 e. The van der Waals surface area contributed by atoms with Gasteiger partial charge in [0.25, 0.3) is 11.8 Å². The average molecular weight is 442 g/mol. The van der Waals surface area contributed by atoms with Crippen molar-refractivity contribution in [3.05, 3.63) is 94.9 Å². The first-order chi connectivity index (χ1) is 15.8. The van der Waals surface area contributed by atoms with Crippen molar-refractivity contribution in [3.63, 3.8) is 0 Å². The second-order valence-corrected chi connectivity index (χ2v) is 8.38. The zero-order valence-corrected chi connectivity index (χ0v) is 19.3. The first-order valence-corrected chi connectivity index (χ1v) is 10.9. The van der Waals surface area contributed by atoms with Crippen LogP contribution in [-0.2, 0) is 16.1 Å². The lowest BCUT2D eigenvalue weighted by atomic mass is 9.99. The van der Waals surface area contributed by atoms with Gasteiger partial charge in [-0.25, -0.2) is 0 Å². The van der Waals surface area contributed by atoms with Gasteiger partial charge in [-0.2, -0.15) is 0 Å². The Morgan fingerprint density at radius 2 is 1.70 bits per heavy atom. The molecule has 0 bridgehead atoms. The number of imide groups is 1. The Labute approximate surface area is 193 Å². The molecule has 0 saturated heterocycles. The second kappa shape index (κ2) is 9.28. The molecule has 1 aromatic heterocycles. The summed E-state index contributed by atoms with van der Waals surface area (Å²) in [5, 5.41) is 3.19. The molecule has 2 amide bonds. The van der Waals surface area contributed by atoms with E-state index in [0.29, 0.717) is 22.5 Å². The highest BCUT2D eigenvalue weighted by Crippen LogP contribution is 2.32. The lowest BCUT2D eigenvalue weighted by Gasteiger charge is -2.15. The summed E-state index contributed by atoms with van der Waals surface area (Å²) in [6.45, 7) is 8.05. The molecule has 33 heavy (non-hydrogen) atoms. The summed E-state index contributed by atoms with van der Waals surface area (Å²) < 4.78 is 5.70. The van der Waals surface area contributed by atoms with Crippen molar-refractivity contribution in [1.82, 2.24) is 9.88 Å². The maximum absolute atomic E-state index is 13.5. The number of anilines is 1. The van der Waals surface area contributed by atoms with Crippen molar-refractivity contribution < 1.29 is 14.3 Å². The summed E-state index contributed by atoms with van der Waals surface area (Å²) in [7, 11) is 0. The highest BCUT2D eigenvalue weighted by molar-refractivity contribution is 6.36. The Morgan fingerprint density at radius 1 is 0.939 bits per heavy atom. The minimum absolute atomic E-state index is 0.0667. The Balaban J connectivity index is 1.71. The van der Waals surface area contributed by atoms with E-state index in [1.807, 2.05) is 76.2 Å². The van der Waals surface area contributed by atoms with E-state index < -0.39 is 0 Å². The molecule has 168 valence electrons. The molecule has 0 atom stereocenters. The standard InChI is InChI=1S/C27H27N3O3/c1-17(2)33-23-12-10-21(11-13-23)29-25-24(20-9-8-18(3)19(4)15-20)26(31)30(27(25)32)16-22-7-5-6-14-28-22/h5-15,17,29H,16H2,1-4H3. The molecule has 6 heteroatoms. The van der Waals surface area contributed by atoms with E-state index in [1.165, 1.54) is 4.90 Å². The minimum Gasteiger partial charge on any atom is -0.491 e. The van der Waals surface area contributed by atoms with Crippen LogP contribution in [0.25, 0.3) is 5.57 Å². The monoisotopic (exact) mass is 441 g/mol. The predicted octanol–water partition coefficient (Wildman–Crippen LogP) is 4.88. The van der Waals surface area contributed by atoms with Gasteiger partial charge in [0.15, 0.2) is 0 Å². The topological polar surface area (TPSA) is 71.5 Å². The van der Waals surface area contributed by atoms with Crippen LogP contribution in [0.3, 0.4) is 0 Å². The number of benzene rings is 2. The largest absolute Gasteiger partial charge is 0.491 e. The molecule has 0 fully saturated rings. The Hall–Kier alpha value is -3.93. The molecule has 0 spiro atoms.